The van der Waals surface area contributed by atoms with Crippen molar-refractivity contribution in [3.63, 3.8) is 0 Å². The van der Waals surface area contributed by atoms with E-state index in [0.29, 0.717) is 31.3 Å². The smallest absolute Gasteiger partial charge is 0.257 e. The van der Waals surface area contributed by atoms with Crippen molar-refractivity contribution in [2.45, 2.75) is 19.8 Å². The van der Waals surface area contributed by atoms with E-state index in [-0.39, 0.29) is 12.5 Å². The molecule has 2 rings (SSSR count). The predicted molar refractivity (Wildman–Crippen MR) is 88.8 cm³/mol. The van der Waals surface area contributed by atoms with Gasteiger partial charge in [-0.2, -0.15) is 0 Å². The lowest BCUT2D eigenvalue weighted by atomic mass is 9.98. The van der Waals surface area contributed by atoms with Crippen molar-refractivity contribution in [1.82, 2.24) is 9.62 Å². The van der Waals surface area contributed by atoms with Crippen LogP contribution in [-0.4, -0.2) is 51.1 Å². The summed E-state index contributed by atoms with van der Waals surface area (Å²) in [6.07, 6.45) is 2.77. The van der Waals surface area contributed by atoms with E-state index in [1.807, 2.05) is 31.2 Å². The summed E-state index contributed by atoms with van der Waals surface area (Å²) in [5, 5.41) is 2.86. The fraction of sp³-hybridized carbons (Fsp3) is 0.562. The highest BCUT2D eigenvalue weighted by Crippen LogP contribution is 2.18. The lowest BCUT2D eigenvalue weighted by Gasteiger charge is -2.30. The van der Waals surface area contributed by atoms with Crippen molar-refractivity contribution in [3.05, 3.63) is 29.8 Å². The lowest BCUT2D eigenvalue weighted by molar-refractivity contribution is -0.123. The highest BCUT2D eigenvalue weighted by Gasteiger charge is 2.24. The van der Waals surface area contributed by atoms with Gasteiger partial charge in [-0.1, -0.05) is 17.7 Å². The van der Waals surface area contributed by atoms with E-state index in [1.54, 1.807) is 0 Å². The van der Waals surface area contributed by atoms with Gasteiger partial charge in [0, 0.05) is 19.6 Å². The Morgan fingerprint density at radius 3 is 2.43 bits per heavy atom. The van der Waals surface area contributed by atoms with Crippen LogP contribution in [0.25, 0.3) is 0 Å². The second kappa shape index (κ2) is 7.79. The maximum absolute atomic E-state index is 11.8. The summed E-state index contributed by atoms with van der Waals surface area (Å²) in [6.45, 7) is 3.60. The quantitative estimate of drug-likeness (QED) is 0.843. The van der Waals surface area contributed by atoms with Crippen LogP contribution in [0, 0.1) is 12.8 Å². The van der Waals surface area contributed by atoms with Crippen molar-refractivity contribution in [3.8, 4) is 5.75 Å². The fourth-order valence-electron chi connectivity index (χ4n) is 2.54. The van der Waals surface area contributed by atoms with Crippen molar-refractivity contribution < 1.29 is 17.9 Å². The molecule has 1 fully saturated rings. The molecule has 128 valence electrons. The minimum Gasteiger partial charge on any atom is -0.484 e. The molecule has 0 spiro atoms. The van der Waals surface area contributed by atoms with E-state index in [9.17, 15) is 13.2 Å². The number of carbonyl (C=O) groups is 1. The molecule has 0 aromatic heterocycles. The zero-order valence-electron chi connectivity index (χ0n) is 13.6. The van der Waals surface area contributed by atoms with E-state index in [4.69, 9.17) is 4.74 Å². The zero-order chi connectivity index (χ0) is 16.9. The van der Waals surface area contributed by atoms with Crippen LogP contribution in [0.5, 0.6) is 5.75 Å². The summed E-state index contributed by atoms with van der Waals surface area (Å²) in [5.74, 6) is 0.833. The van der Waals surface area contributed by atoms with Crippen LogP contribution in [0.2, 0.25) is 0 Å². The van der Waals surface area contributed by atoms with Gasteiger partial charge in [0.15, 0.2) is 6.61 Å². The molecule has 6 nitrogen and oxygen atoms in total. The molecule has 1 heterocycles. The molecular weight excluding hydrogens is 316 g/mol. The fourth-order valence-corrected chi connectivity index (χ4v) is 3.41. The number of carbonyl (C=O) groups excluding carboxylic acids is 1. The summed E-state index contributed by atoms with van der Waals surface area (Å²) in [5.41, 5.74) is 1.14. The Labute approximate surface area is 137 Å². The second-order valence-electron chi connectivity index (χ2n) is 6.01. The first-order valence-electron chi connectivity index (χ1n) is 7.76. The maximum Gasteiger partial charge on any atom is 0.257 e. The molecule has 0 bridgehead atoms. The topological polar surface area (TPSA) is 75.7 Å². The van der Waals surface area contributed by atoms with Crippen molar-refractivity contribution >= 4 is 15.9 Å². The molecule has 0 unspecified atom stereocenters. The standard InChI is InChI=1S/C16H24N2O4S/c1-13-3-5-15(6-4-13)22-12-16(19)17-11-14-7-9-18(10-8-14)23(2,20)21/h3-6,14H,7-12H2,1-2H3,(H,17,19). The molecule has 0 radical (unpaired) electrons. The van der Waals surface area contributed by atoms with E-state index in [0.717, 1.165) is 18.4 Å². The number of piperidine rings is 1. The Morgan fingerprint density at radius 2 is 1.87 bits per heavy atom. The number of aryl methyl sites for hydroxylation is 1. The number of nitrogens with zero attached hydrogens (tertiary/aromatic N) is 1. The molecule has 1 aliphatic rings. The highest BCUT2D eigenvalue weighted by molar-refractivity contribution is 7.88. The van der Waals surface area contributed by atoms with Crippen LogP contribution in [0.1, 0.15) is 18.4 Å². The van der Waals surface area contributed by atoms with Crippen molar-refractivity contribution in [2.24, 2.45) is 5.92 Å². The molecule has 0 aliphatic carbocycles. The average molecular weight is 340 g/mol. The SMILES string of the molecule is Cc1ccc(OCC(=O)NCC2CCN(S(C)(=O)=O)CC2)cc1. The molecule has 1 N–H and O–H groups in total. The van der Waals surface area contributed by atoms with E-state index < -0.39 is 10.0 Å². The molecule has 23 heavy (non-hydrogen) atoms. The minimum atomic E-state index is -3.10. The Kier molecular flexibility index (Phi) is 6.01. The van der Waals surface area contributed by atoms with Crippen LogP contribution in [-0.2, 0) is 14.8 Å². The minimum absolute atomic E-state index is 0.00869. The summed E-state index contributed by atoms with van der Waals surface area (Å²) >= 11 is 0. The van der Waals surface area contributed by atoms with Gasteiger partial charge in [0.05, 0.1) is 6.26 Å². The van der Waals surface area contributed by atoms with E-state index in [1.165, 1.54) is 10.6 Å². The van der Waals surface area contributed by atoms with Gasteiger partial charge in [-0.3, -0.25) is 4.79 Å². The molecule has 7 heteroatoms. The summed E-state index contributed by atoms with van der Waals surface area (Å²) in [7, 11) is -3.10. The summed E-state index contributed by atoms with van der Waals surface area (Å²) in [4.78, 5) is 11.8. The molecule has 1 amide bonds. The number of rotatable bonds is 6. The van der Waals surface area contributed by atoms with Crippen LogP contribution in [0.4, 0.5) is 0 Å². The lowest BCUT2D eigenvalue weighted by Crippen LogP contribution is -2.41. The third-order valence-corrected chi connectivity index (χ3v) is 5.32. The summed E-state index contributed by atoms with van der Waals surface area (Å²) in [6, 6.07) is 7.54. The van der Waals surface area contributed by atoms with Crippen LogP contribution in [0.15, 0.2) is 24.3 Å². The molecule has 1 aromatic carbocycles. The molecule has 1 aliphatic heterocycles. The summed E-state index contributed by atoms with van der Waals surface area (Å²) < 4.78 is 29.8. The largest absolute Gasteiger partial charge is 0.484 e. The van der Waals surface area contributed by atoms with Gasteiger partial charge in [0.25, 0.3) is 5.91 Å². The molecule has 1 aromatic rings. The molecular formula is C16H24N2O4S. The zero-order valence-corrected chi connectivity index (χ0v) is 14.4. The normalized spacial score (nSPS) is 17.0. The molecule has 1 saturated heterocycles. The maximum atomic E-state index is 11.8. The van der Waals surface area contributed by atoms with Crippen LogP contribution < -0.4 is 10.1 Å². The van der Waals surface area contributed by atoms with Crippen LogP contribution >= 0.6 is 0 Å². The third-order valence-electron chi connectivity index (χ3n) is 4.02. The average Bonchev–Trinajstić information content (AvgIpc) is 2.52. The monoisotopic (exact) mass is 340 g/mol. The Hall–Kier alpha value is -1.60. The number of nitrogens with one attached hydrogen (secondary N) is 1. The van der Waals surface area contributed by atoms with Crippen molar-refractivity contribution in [1.29, 1.82) is 0 Å². The van der Waals surface area contributed by atoms with Gasteiger partial charge in [-0.25, -0.2) is 12.7 Å². The predicted octanol–water partition coefficient (Wildman–Crippen LogP) is 1.16. The number of benzene rings is 1. The Bertz CT molecular complexity index is 620. The molecule has 0 atom stereocenters. The Morgan fingerprint density at radius 1 is 1.26 bits per heavy atom. The number of hydrogen-bond acceptors (Lipinski definition) is 4. The van der Waals surface area contributed by atoms with E-state index >= 15 is 0 Å². The van der Waals surface area contributed by atoms with Gasteiger partial charge in [0.2, 0.25) is 10.0 Å². The van der Waals surface area contributed by atoms with Gasteiger partial charge in [0.1, 0.15) is 5.75 Å². The number of hydrogen-bond donors (Lipinski definition) is 1. The Balaban J connectivity index is 1.66. The van der Waals surface area contributed by atoms with Gasteiger partial charge in [-0.15, -0.1) is 0 Å². The van der Waals surface area contributed by atoms with Gasteiger partial charge >= 0.3 is 0 Å². The number of amides is 1. The van der Waals surface area contributed by atoms with Gasteiger partial charge < -0.3 is 10.1 Å². The number of sulfonamides is 1. The van der Waals surface area contributed by atoms with Gasteiger partial charge in [-0.05, 0) is 37.8 Å². The molecule has 0 saturated carbocycles. The van der Waals surface area contributed by atoms with Crippen molar-refractivity contribution in [2.75, 3.05) is 32.5 Å². The first-order chi connectivity index (χ1) is 10.8. The first kappa shape index (κ1) is 17.7. The van der Waals surface area contributed by atoms with E-state index in [2.05, 4.69) is 5.32 Å². The van der Waals surface area contributed by atoms with Crippen LogP contribution in [0.3, 0.4) is 0 Å². The number of ether oxygens (including phenoxy) is 1. The second-order valence-corrected chi connectivity index (χ2v) is 7.99. The third kappa shape index (κ3) is 5.84. The first-order valence-corrected chi connectivity index (χ1v) is 9.61. The highest BCUT2D eigenvalue weighted by atomic mass is 32.2.